The second-order valence-corrected chi connectivity index (χ2v) is 19.1. The van der Waals surface area contributed by atoms with Crippen molar-refractivity contribution >= 4 is 11.9 Å². The monoisotopic (exact) mass is 674 g/mol. The average Bonchev–Trinajstić information content (AvgIpc) is 3.03. The number of ether oxygens (including phenoxy) is 2. The highest BCUT2D eigenvalue weighted by Crippen LogP contribution is 2.64. The molecule has 0 amide bonds. The van der Waals surface area contributed by atoms with Gasteiger partial charge in [-0.2, -0.15) is 0 Å². The van der Waals surface area contributed by atoms with E-state index in [9.17, 15) is 14.7 Å². The molecule has 6 aliphatic carbocycles. The summed E-state index contributed by atoms with van der Waals surface area (Å²) < 4.78 is 12.7. The Morgan fingerprint density at radius 3 is 1.65 bits per heavy atom. The highest BCUT2D eigenvalue weighted by molar-refractivity contribution is 5.72. The summed E-state index contributed by atoms with van der Waals surface area (Å²) in [6.07, 6.45) is 23.3. The molecule has 0 aromatic heterocycles. The Morgan fingerprint density at radius 2 is 1.20 bits per heavy atom. The molecule has 5 heteroatoms. The predicted molar refractivity (Wildman–Crippen MR) is 196 cm³/mol. The van der Waals surface area contributed by atoms with Crippen molar-refractivity contribution in [2.24, 2.45) is 45.3 Å². The van der Waals surface area contributed by atoms with Gasteiger partial charge in [0, 0.05) is 18.3 Å². The highest BCUT2D eigenvalue weighted by Gasteiger charge is 2.58. The van der Waals surface area contributed by atoms with E-state index in [1.807, 2.05) is 0 Å². The molecule has 49 heavy (non-hydrogen) atoms. The Balaban J connectivity index is 1.03. The van der Waals surface area contributed by atoms with Gasteiger partial charge in [0.05, 0.1) is 12.5 Å². The molecule has 4 fully saturated rings. The normalized spacial score (nSPS) is 45.1. The molecule has 11 unspecified atom stereocenters. The van der Waals surface area contributed by atoms with Crippen LogP contribution in [0.15, 0.2) is 48.6 Å². The Hall–Kier alpha value is -2.14. The molecule has 11 atom stereocenters. The standard InChI is InChI=1S/C44H66O5/c1-9-39(3)25-19-33-30(28-39)13-16-35-41(33,5)21-11-23-43(35,7)48-37(46)18-15-32(45)27-38(47)49-44(8)24-12-22-42(6)34-20-26-40(4,10-2)29-31(34)14-17-36(42)44/h9-10,13-14,32-36,45H,1-2,11-12,15-29H2,3-8H3. The smallest absolute Gasteiger partial charge is 0.308 e. The largest absolute Gasteiger partial charge is 0.459 e. The third-order valence-corrected chi connectivity index (χ3v) is 15.6. The minimum Gasteiger partial charge on any atom is -0.459 e. The van der Waals surface area contributed by atoms with Gasteiger partial charge in [0.2, 0.25) is 0 Å². The minimum atomic E-state index is -0.933. The lowest BCUT2D eigenvalue weighted by Crippen LogP contribution is -2.56. The molecule has 0 aliphatic heterocycles. The van der Waals surface area contributed by atoms with Crippen LogP contribution in [0.3, 0.4) is 0 Å². The van der Waals surface area contributed by atoms with E-state index in [-0.39, 0.29) is 64.7 Å². The number of aliphatic hydroxyl groups is 1. The first-order valence-electron chi connectivity index (χ1n) is 19.8. The first-order valence-corrected chi connectivity index (χ1v) is 19.8. The van der Waals surface area contributed by atoms with Crippen LogP contribution < -0.4 is 0 Å². The van der Waals surface area contributed by atoms with E-state index in [1.54, 1.807) is 11.1 Å². The third kappa shape index (κ3) is 6.69. The fourth-order valence-electron chi connectivity index (χ4n) is 12.5. The first kappa shape index (κ1) is 36.6. The molecule has 0 spiro atoms. The summed E-state index contributed by atoms with van der Waals surface area (Å²) >= 11 is 0. The summed E-state index contributed by atoms with van der Waals surface area (Å²) in [6, 6.07) is 0. The number of hydrogen-bond donors (Lipinski definition) is 1. The van der Waals surface area contributed by atoms with Crippen LogP contribution in [-0.2, 0) is 19.1 Å². The number of fused-ring (bicyclic) bond motifs is 6. The molecule has 6 aliphatic rings. The number of carbonyl (C=O) groups excluding carboxylic acids is 2. The summed E-state index contributed by atoms with van der Waals surface area (Å²) in [6.45, 7) is 22.1. The fourth-order valence-corrected chi connectivity index (χ4v) is 12.5. The number of aliphatic hydroxyl groups excluding tert-OH is 1. The molecular formula is C44H66O5. The number of hydrogen-bond acceptors (Lipinski definition) is 5. The second kappa shape index (κ2) is 13.1. The van der Waals surface area contributed by atoms with Crippen LogP contribution in [0.1, 0.15) is 151 Å². The van der Waals surface area contributed by atoms with Crippen molar-refractivity contribution in [1.82, 2.24) is 0 Å². The molecule has 272 valence electrons. The predicted octanol–water partition coefficient (Wildman–Crippen LogP) is 10.4. The SMILES string of the molecule is C=CC1(C)CCC2C(=CCC3C(C)(OC(=O)CCC(O)CC(=O)OC4(C)CCCC5(C)C6CCC(C)(C=C)CC6=CCC45)CCCC23C)C1. The van der Waals surface area contributed by atoms with Gasteiger partial charge in [0.25, 0.3) is 0 Å². The van der Waals surface area contributed by atoms with Crippen LogP contribution in [0.5, 0.6) is 0 Å². The van der Waals surface area contributed by atoms with Crippen molar-refractivity contribution < 1.29 is 24.2 Å². The van der Waals surface area contributed by atoms with E-state index >= 15 is 0 Å². The highest BCUT2D eigenvalue weighted by atomic mass is 16.6. The molecule has 0 bridgehead atoms. The van der Waals surface area contributed by atoms with Crippen molar-refractivity contribution in [3.8, 4) is 0 Å². The molecule has 5 nitrogen and oxygen atoms in total. The zero-order valence-electron chi connectivity index (χ0n) is 31.7. The van der Waals surface area contributed by atoms with Crippen LogP contribution in [0.25, 0.3) is 0 Å². The molecule has 1 N–H and O–H groups in total. The van der Waals surface area contributed by atoms with Gasteiger partial charge in [-0.05, 0) is 144 Å². The Kier molecular flexibility index (Phi) is 9.81. The Bertz CT molecular complexity index is 1390. The molecule has 0 saturated heterocycles. The maximum Gasteiger partial charge on any atom is 0.308 e. The summed E-state index contributed by atoms with van der Waals surface area (Å²) in [7, 11) is 0. The summed E-state index contributed by atoms with van der Waals surface area (Å²) in [5, 5.41) is 10.9. The number of carbonyl (C=O) groups is 2. The Morgan fingerprint density at radius 1 is 0.755 bits per heavy atom. The number of allylic oxidation sites excluding steroid dienone is 6. The minimum absolute atomic E-state index is 0.0919. The maximum absolute atomic E-state index is 13.4. The zero-order valence-corrected chi connectivity index (χ0v) is 31.7. The van der Waals surface area contributed by atoms with Gasteiger partial charge in [0.15, 0.2) is 0 Å². The molecule has 0 aromatic rings. The van der Waals surface area contributed by atoms with Crippen LogP contribution in [0.2, 0.25) is 0 Å². The third-order valence-electron chi connectivity index (χ3n) is 15.6. The lowest BCUT2D eigenvalue weighted by molar-refractivity contribution is -0.187. The quantitative estimate of drug-likeness (QED) is 0.195. The maximum atomic E-state index is 13.4. The van der Waals surface area contributed by atoms with Gasteiger partial charge in [-0.3, -0.25) is 9.59 Å². The van der Waals surface area contributed by atoms with E-state index in [1.165, 1.54) is 12.8 Å². The van der Waals surface area contributed by atoms with Gasteiger partial charge < -0.3 is 14.6 Å². The molecule has 0 radical (unpaired) electrons. The average molecular weight is 675 g/mol. The van der Waals surface area contributed by atoms with E-state index in [0.717, 1.165) is 77.0 Å². The van der Waals surface area contributed by atoms with Gasteiger partial charge in [-0.15, -0.1) is 13.2 Å². The van der Waals surface area contributed by atoms with E-state index in [4.69, 9.17) is 9.47 Å². The number of esters is 2. The zero-order chi connectivity index (χ0) is 35.5. The fraction of sp³-hybridized carbons (Fsp3) is 0.773. The lowest BCUT2D eigenvalue weighted by atomic mass is 9.48. The van der Waals surface area contributed by atoms with Gasteiger partial charge in [-0.1, -0.05) is 63.1 Å². The molecular weight excluding hydrogens is 608 g/mol. The molecule has 4 saturated carbocycles. The Labute approximate surface area is 297 Å². The van der Waals surface area contributed by atoms with Crippen LogP contribution in [0, 0.1) is 45.3 Å². The van der Waals surface area contributed by atoms with Crippen molar-refractivity contribution in [3.05, 3.63) is 48.6 Å². The van der Waals surface area contributed by atoms with Crippen molar-refractivity contribution in [3.63, 3.8) is 0 Å². The molecule has 6 rings (SSSR count). The van der Waals surface area contributed by atoms with Gasteiger partial charge in [0.1, 0.15) is 11.2 Å². The van der Waals surface area contributed by atoms with Crippen LogP contribution in [-0.4, -0.2) is 34.4 Å². The van der Waals surface area contributed by atoms with Crippen molar-refractivity contribution in [1.29, 1.82) is 0 Å². The topological polar surface area (TPSA) is 72.8 Å². The second-order valence-electron chi connectivity index (χ2n) is 19.1. The summed E-state index contributed by atoms with van der Waals surface area (Å²) in [4.78, 5) is 26.7. The van der Waals surface area contributed by atoms with E-state index < -0.39 is 17.3 Å². The first-order chi connectivity index (χ1) is 23.0. The summed E-state index contributed by atoms with van der Waals surface area (Å²) in [5.74, 6) is 0.991. The summed E-state index contributed by atoms with van der Waals surface area (Å²) in [5.41, 5.74) is 2.66. The lowest BCUT2D eigenvalue weighted by Gasteiger charge is -2.59. The number of rotatable bonds is 9. The van der Waals surface area contributed by atoms with Crippen LogP contribution in [0.4, 0.5) is 0 Å². The van der Waals surface area contributed by atoms with Crippen molar-refractivity contribution in [2.45, 2.75) is 168 Å². The van der Waals surface area contributed by atoms with E-state index in [0.29, 0.717) is 11.8 Å². The molecule has 0 aromatic carbocycles. The van der Waals surface area contributed by atoms with E-state index in [2.05, 4.69) is 79.0 Å². The van der Waals surface area contributed by atoms with Crippen molar-refractivity contribution in [2.75, 3.05) is 0 Å². The van der Waals surface area contributed by atoms with Gasteiger partial charge >= 0.3 is 11.9 Å². The van der Waals surface area contributed by atoms with Gasteiger partial charge in [-0.25, -0.2) is 0 Å². The molecule has 0 heterocycles. The van der Waals surface area contributed by atoms with Crippen LogP contribution >= 0.6 is 0 Å².